The Morgan fingerprint density at radius 2 is 1.54 bits per heavy atom. The quantitative estimate of drug-likeness (QED) is 0.435. The molecular weight excluding hydrogens is 236 g/mol. The first-order chi connectivity index (χ1) is 6.15. The Balaban J connectivity index is 0. The molecule has 0 aliphatic rings. The minimum atomic E-state index is -0.500. The number of hydrogen-bond donors (Lipinski definition) is 2. The minimum Gasteiger partial charge on any atom is -0.487 e. The number of aliphatic hydroxyl groups excluding tert-OH is 1. The molecule has 13 heavy (non-hydrogen) atoms. The average molecular weight is 257 g/mol. The first-order valence-corrected chi connectivity index (χ1v) is 9.74. The fraction of sp³-hybridized carbons (Fsp3) is 0.889. The summed E-state index contributed by atoms with van der Waals surface area (Å²) in [6, 6.07) is 0. The molecule has 0 heterocycles. The van der Waals surface area contributed by atoms with Gasteiger partial charge in [-0.3, -0.25) is 0 Å². The maximum absolute atomic E-state index is 7.56. The van der Waals surface area contributed by atoms with Crippen LogP contribution in [-0.4, -0.2) is 10.3 Å². The van der Waals surface area contributed by atoms with Gasteiger partial charge in [-0.05, 0) is 12.2 Å². The van der Waals surface area contributed by atoms with E-state index in [4.69, 9.17) is 5.11 Å². The summed E-state index contributed by atoms with van der Waals surface area (Å²) < 4.78 is 0. The van der Waals surface area contributed by atoms with Crippen molar-refractivity contribution in [3.8, 4) is 0 Å². The van der Waals surface area contributed by atoms with Crippen LogP contribution in [-0.2, 0) is 17.1 Å². The molecule has 0 spiro atoms. The molecule has 0 saturated heterocycles. The predicted octanol–water partition coefficient (Wildman–Crippen LogP) is 3.29. The van der Waals surface area contributed by atoms with Crippen LogP contribution in [0.15, 0.2) is 0 Å². The maximum Gasteiger partial charge on any atom is 0.251 e. The van der Waals surface area contributed by atoms with Crippen molar-refractivity contribution < 1.29 is 22.2 Å². The van der Waals surface area contributed by atoms with Gasteiger partial charge < -0.3 is 10.8 Å². The zero-order valence-electron chi connectivity index (χ0n) is 8.88. The Morgan fingerprint density at radius 1 is 1.23 bits per heavy atom. The van der Waals surface area contributed by atoms with Crippen LogP contribution in [0.2, 0.25) is 10.0 Å². The van der Waals surface area contributed by atoms with E-state index in [0.29, 0.717) is 0 Å². The van der Waals surface area contributed by atoms with E-state index in [1.54, 1.807) is 10.0 Å². The van der Waals surface area contributed by atoms with E-state index >= 15 is 0 Å². The Kier molecular flexibility index (Phi) is 18.0. The molecule has 76 valence electrons. The molecule has 0 rings (SSSR count). The molecule has 0 saturated carbocycles. The number of hydrogen-bond acceptors (Lipinski definition) is 1. The molecule has 0 aliphatic carbocycles. The second-order valence-electron chi connectivity index (χ2n) is 3.11. The molecule has 0 fully saturated rings. The van der Waals surface area contributed by atoms with E-state index in [-0.39, 0.29) is 17.1 Å². The predicted molar refractivity (Wildman–Crippen MR) is 58.8 cm³/mol. The van der Waals surface area contributed by atoms with Crippen LogP contribution in [0.1, 0.15) is 39.5 Å². The van der Waals surface area contributed by atoms with Crippen LogP contribution in [0.4, 0.5) is 0 Å². The van der Waals surface area contributed by atoms with Crippen molar-refractivity contribution >= 4 is 17.4 Å². The van der Waals surface area contributed by atoms with Crippen molar-refractivity contribution in [3.05, 3.63) is 0 Å². The normalized spacial score (nSPS) is 8.15. The largest absolute Gasteiger partial charge is 0.487 e. The van der Waals surface area contributed by atoms with Crippen molar-refractivity contribution in [3.63, 3.8) is 0 Å². The number of rotatable bonds is 6. The molecule has 0 bridgehead atoms. The summed E-state index contributed by atoms with van der Waals surface area (Å²) in [5, 5.41) is 10.3. The van der Waals surface area contributed by atoms with Gasteiger partial charge in [-0.25, -0.2) is 0 Å². The van der Waals surface area contributed by atoms with Gasteiger partial charge >= 0.3 is 66.7 Å². The third kappa shape index (κ3) is 32.9. The molecule has 3 N–H and O–H groups in total. The fourth-order valence-electron chi connectivity index (χ4n) is 1.03. The second-order valence-corrected chi connectivity index (χ2v) is 7.97. The average Bonchev–Trinajstić information content (AvgIpc) is 2.03. The monoisotopic (exact) mass is 255 g/mol. The van der Waals surface area contributed by atoms with Gasteiger partial charge in [0.2, 0.25) is 0 Å². The van der Waals surface area contributed by atoms with Crippen LogP contribution in [0.5, 0.6) is 0 Å². The molecule has 0 aromatic rings. The zero-order chi connectivity index (χ0) is 10.5. The summed E-state index contributed by atoms with van der Waals surface area (Å²) in [5.41, 5.74) is 4.40. The third-order valence-electron chi connectivity index (χ3n) is 1.71. The molecule has 0 atom stereocenters. The molecule has 0 amide bonds. The maximum atomic E-state index is 7.56. The van der Waals surface area contributed by atoms with E-state index in [9.17, 15) is 0 Å². The van der Waals surface area contributed by atoms with Gasteiger partial charge in [-0.1, -0.05) is 0 Å². The molecule has 0 radical (unpaired) electrons. The third-order valence-corrected chi connectivity index (χ3v) is 5.90. The Hall–Kier alpha value is 0.313. The van der Waals surface area contributed by atoms with E-state index in [0.717, 1.165) is 0 Å². The van der Waals surface area contributed by atoms with Crippen molar-refractivity contribution in [2.75, 3.05) is 0 Å². The van der Waals surface area contributed by atoms with E-state index in [1.807, 2.05) is 0 Å². The van der Waals surface area contributed by atoms with Gasteiger partial charge in [0.1, 0.15) is 0 Å². The fourth-order valence-corrected chi connectivity index (χ4v) is 5.35. The van der Waals surface area contributed by atoms with Gasteiger partial charge in [-0.15, -0.1) is 0 Å². The molecule has 2 nitrogen and oxygen atoms in total. The molecular formula is C9H21NOSZn. The van der Waals surface area contributed by atoms with Crippen molar-refractivity contribution in [1.29, 1.82) is 0 Å². The Morgan fingerprint density at radius 3 is 1.77 bits per heavy atom. The van der Waals surface area contributed by atoms with E-state index < -0.39 is 5.17 Å². The van der Waals surface area contributed by atoms with Gasteiger partial charge in [0.25, 0.3) is 5.17 Å². The number of aliphatic hydroxyl groups is 1. The van der Waals surface area contributed by atoms with Crippen LogP contribution >= 0.6 is 12.2 Å². The van der Waals surface area contributed by atoms with Crippen LogP contribution < -0.4 is 5.73 Å². The molecule has 0 aromatic heterocycles. The second kappa shape index (κ2) is 14.8. The Bertz CT molecular complexity index is 102. The molecule has 0 aromatic carbocycles. The van der Waals surface area contributed by atoms with Crippen molar-refractivity contribution in [1.82, 2.24) is 0 Å². The molecule has 0 unspecified atom stereocenters. The van der Waals surface area contributed by atoms with Gasteiger partial charge in [-0.2, -0.15) is 0 Å². The minimum absolute atomic E-state index is 0.0146. The number of unbranched alkanes of at least 4 members (excludes halogenated alkanes) is 2. The molecule has 0 aliphatic heterocycles. The van der Waals surface area contributed by atoms with Gasteiger partial charge in [0.05, 0.1) is 0 Å². The smallest absolute Gasteiger partial charge is 0.251 e. The summed E-state index contributed by atoms with van der Waals surface area (Å²) in [6.45, 7) is 4.59. The number of thiocarbonyl (C=S) groups is 1. The SMILES string of the molecule is CCC[CH2][Zn][CH2]CCC.NC(O)=S. The Labute approximate surface area is 94.9 Å². The van der Waals surface area contributed by atoms with Crippen LogP contribution in [0.25, 0.3) is 0 Å². The van der Waals surface area contributed by atoms with Gasteiger partial charge in [0.15, 0.2) is 0 Å². The summed E-state index contributed by atoms with van der Waals surface area (Å²) in [5.74, 6) is 0. The summed E-state index contributed by atoms with van der Waals surface area (Å²) >= 11 is 3.88. The first-order valence-electron chi connectivity index (χ1n) is 5.13. The first kappa shape index (κ1) is 15.8. The van der Waals surface area contributed by atoms with Crippen molar-refractivity contribution in [2.24, 2.45) is 5.73 Å². The standard InChI is InChI=1S/2C4H9.CH3NOS.Zn/c2*1-3-4-2;2-1(3)4;/h2*1,3-4H2,2H3;(H3,2,3,4);. The summed E-state index contributed by atoms with van der Waals surface area (Å²) in [4.78, 5) is 0. The summed E-state index contributed by atoms with van der Waals surface area (Å²) in [7, 11) is 0. The number of nitrogens with two attached hydrogens (primary N) is 1. The van der Waals surface area contributed by atoms with Crippen LogP contribution in [0, 0.1) is 0 Å². The van der Waals surface area contributed by atoms with Gasteiger partial charge in [0, 0.05) is 0 Å². The molecule has 4 heteroatoms. The zero-order valence-corrected chi connectivity index (χ0v) is 12.7. The summed E-state index contributed by atoms with van der Waals surface area (Å²) in [6.07, 6.45) is 5.86. The van der Waals surface area contributed by atoms with E-state index in [2.05, 4.69) is 31.8 Å². The van der Waals surface area contributed by atoms with Crippen LogP contribution in [0.3, 0.4) is 0 Å². The van der Waals surface area contributed by atoms with Crippen molar-refractivity contribution in [2.45, 2.75) is 49.6 Å². The van der Waals surface area contributed by atoms with E-state index in [1.165, 1.54) is 25.7 Å². The topological polar surface area (TPSA) is 46.2 Å².